The number of halogens is 1. The van der Waals surface area contributed by atoms with Crippen LogP contribution >= 0.6 is 15.9 Å². The molecule has 5 heteroatoms. The molecule has 0 N–H and O–H groups in total. The maximum absolute atomic E-state index is 4.80. The molecule has 26 heavy (non-hydrogen) atoms. The summed E-state index contributed by atoms with van der Waals surface area (Å²) in [5.74, 6) is 1.45. The minimum atomic E-state index is 0.682. The lowest BCUT2D eigenvalue weighted by Gasteiger charge is -2.10. The molecule has 2 aromatic carbocycles. The van der Waals surface area contributed by atoms with Gasteiger partial charge in [-0.05, 0) is 32.0 Å². The normalized spacial score (nSPS) is 10.9. The minimum absolute atomic E-state index is 0.682. The van der Waals surface area contributed by atoms with E-state index in [9.17, 15) is 0 Å². The molecule has 0 saturated carbocycles. The van der Waals surface area contributed by atoms with Crippen LogP contribution in [0.4, 0.5) is 0 Å². The van der Waals surface area contributed by atoms with Crippen LogP contribution in [0.1, 0.15) is 11.4 Å². The molecule has 0 atom stereocenters. The zero-order chi connectivity index (χ0) is 18.1. The van der Waals surface area contributed by atoms with E-state index in [1.54, 1.807) is 0 Å². The molecule has 0 unspecified atom stereocenters. The summed E-state index contributed by atoms with van der Waals surface area (Å²) in [7, 11) is 0. The Hall–Kier alpha value is -2.79. The van der Waals surface area contributed by atoms with Gasteiger partial charge in [0.05, 0.1) is 11.4 Å². The number of hydrogen-bond donors (Lipinski definition) is 0. The second kappa shape index (κ2) is 6.84. The molecule has 2 aromatic heterocycles. The summed E-state index contributed by atoms with van der Waals surface area (Å²) in [6.45, 7) is 4.02. The lowest BCUT2D eigenvalue weighted by molar-refractivity contribution is 0.803. The smallest absolute Gasteiger partial charge is 0.162 e. The molecule has 4 rings (SSSR count). The number of rotatable bonds is 3. The Balaban J connectivity index is 1.92. The first-order chi connectivity index (χ1) is 12.6. The van der Waals surface area contributed by atoms with Crippen molar-refractivity contribution < 1.29 is 0 Å². The summed E-state index contributed by atoms with van der Waals surface area (Å²) in [5.41, 5.74) is 4.90. The maximum atomic E-state index is 4.80. The van der Waals surface area contributed by atoms with E-state index in [0.717, 1.165) is 38.5 Å². The van der Waals surface area contributed by atoms with E-state index in [2.05, 4.69) is 33.2 Å². The summed E-state index contributed by atoms with van der Waals surface area (Å²) >= 11 is 3.48. The van der Waals surface area contributed by atoms with Crippen molar-refractivity contribution in [1.82, 2.24) is 19.7 Å². The Morgan fingerprint density at radius 2 is 1.54 bits per heavy atom. The number of benzene rings is 2. The van der Waals surface area contributed by atoms with Crippen LogP contribution in [0.3, 0.4) is 0 Å². The van der Waals surface area contributed by atoms with E-state index in [1.165, 1.54) is 0 Å². The van der Waals surface area contributed by atoms with E-state index >= 15 is 0 Å². The van der Waals surface area contributed by atoms with Gasteiger partial charge in [-0.15, -0.1) is 0 Å². The van der Waals surface area contributed by atoms with Gasteiger partial charge >= 0.3 is 0 Å². The molecule has 0 spiro atoms. The highest BCUT2D eigenvalue weighted by atomic mass is 79.9. The maximum Gasteiger partial charge on any atom is 0.162 e. The van der Waals surface area contributed by atoms with Gasteiger partial charge in [-0.1, -0.05) is 58.4 Å². The van der Waals surface area contributed by atoms with E-state index in [0.29, 0.717) is 5.82 Å². The van der Waals surface area contributed by atoms with Gasteiger partial charge in [-0.2, -0.15) is 5.10 Å². The number of aromatic nitrogens is 4. The largest absolute Gasteiger partial charge is 0.228 e. The molecule has 0 fully saturated rings. The average Bonchev–Trinajstić information content (AvgIpc) is 3.01. The van der Waals surface area contributed by atoms with E-state index in [1.807, 2.05) is 73.1 Å². The molecular formula is C21H17BrN4. The third kappa shape index (κ3) is 3.30. The molecule has 0 bridgehead atoms. The standard InChI is InChI=1S/C21H17BrN4/c1-14-12-15(2)26(25-14)20-13-19(16-6-4-3-5-7-16)23-21(24-20)17-8-10-18(22)11-9-17/h3-13H,1-2H3. The predicted molar refractivity (Wildman–Crippen MR) is 107 cm³/mol. The van der Waals surface area contributed by atoms with E-state index in [4.69, 9.17) is 9.97 Å². The monoisotopic (exact) mass is 404 g/mol. The Morgan fingerprint density at radius 3 is 2.19 bits per heavy atom. The molecule has 0 aliphatic carbocycles. The van der Waals surface area contributed by atoms with Crippen LogP contribution in [0.15, 0.2) is 71.2 Å². The Labute approximate surface area is 160 Å². The van der Waals surface area contributed by atoms with Gasteiger partial charge in [0.25, 0.3) is 0 Å². The quantitative estimate of drug-likeness (QED) is 0.460. The van der Waals surface area contributed by atoms with Crippen LogP contribution in [0.25, 0.3) is 28.5 Å². The zero-order valence-electron chi connectivity index (χ0n) is 14.5. The SMILES string of the molecule is Cc1cc(C)n(-c2cc(-c3ccccc3)nc(-c3ccc(Br)cc3)n2)n1. The predicted octanol–water partition coefficient (Wildman–Crippen LogP) is 5.38. The van der Waals surface area contributed by atoms with Crippen molar-refractivity contribution in [3.63, 3.8) is 0 Å². The third-order valence-corrected chi connectivity index (χ3v) is 4.64. The first-order valence-corrected chi connectivity index (χ1v) is 9.13. The second-order valence-corrected chi connectivity index (χ2v) is 7.06. The van der Waals surface area contributed by atoms with Crippen molar-refractivity contribution in [1.29, 1.82) is 0 Å². The highest BCUT2D eigenvalue weighted by Gasteiger charge is 2.12. The summed E-state index contributed by atoms with van der Waals surface area (Å²) < 4.78 is 2.89. The molecule has 0 aliphatic heterocycles. The minimum Gasteiger partial charge on any atom is -0.228 e. The molecule has 2 heterocycles. The topological polar surface area (TPSA) is 43.6 Å². The lowest BCUT2D eigenvalue weighted by atomic mass is 10.1. The first-order valence-electron chi connectivity index (χ1n) is 8.34. The fourth-order valence-electron chi connectivity index (χ4n) is 2.89. The van der Waals surface area contributed by atoms with Crippen molar-refractivity contribution in [3.05, 3.63) is 82.6 Å². The molecule has 0 amide bonds. The third-order valence-electron chi connectivity index (χ3n) is 4.11. The fourth-order valence-corrected chi connectivity index (χ4v) is 3.15. The van der Waals surface area contributed by atoms with Crippen molar-refractivity contribution >= 4 is 15.9 Å². The van der Waals surface area contributed by atoms with Crippen LogP contribution in [0.5, 0.6) is 0 Å². The number of hydrogen-bond acceptors (Lipinski definition) is 3. The Kier molecular flexibility index (Phi) is 4.39. The summed E-state index contributed by atoms with van der Waals surface area (Å²) in [4.78, 5) is 9.58. The average molecular weight is 405 g/mol. The Morgan fingerprint density at radius 1 is 0.808 bits per heavy atom. The van der Waals surface area contributed by atoms with Crippen molar-refractivity contribution in [2.45, 2.75) is 13.8 Å². The van der Waals surface area contributed by atoms with Crippen LogP contribution in [0.2, 0.25) is 0 Å². The van der Waals surface area contributed by atoms with E-state index < -0.39 is 0 Å². The van der Waals surface area contributed by atoms with Gasteiger partial charge in [0.15, 0.2) is 11.6 Å². The molecule has 0 radical (unpaired) electrons. The van der Waals surface area contributed by atoms with Gasteiger partial charge in [0, 0.05) is 27.4 Å². The number of nitrogens with zero attached hydrogens (tertiary/aromatic N) is 4. The Bertz CT molecular complexity index is 1050. The van der Waals surface area contributed by atoms with E-state index in [-0.39, 0.29) is 0 Å². The van der Waals surface area contributed by atoms with Gasteiger partial charge < -0.3 is 0 Å². The second-order valence-electron chi connectivity index (χ2n) is 6.15. The number of aryl methyl sites for hydroxylation is 2. The van der Waals surface area contributed by atoms with Crippen LogP contribution < -0.4 is 0 Å². The van der Waals surface area contributed by atoms with Crippen molar-refractivity contribution in [2.24, 2.45) is 0 Å². The van der Waals surface area contributed by atoms with Crippen LogP contribution in [0, 0.1) is 13.8 Å². The molecule has 4 aromatic rings. The van der Waals surface area contributed by atoms with Crippen LogP contribution in [-0.2, 0) is 0 Å². The molecule has 0 saturated heterocycles. The van der Waals surface area contributed by atoms with Crippen LogP contribution in [-0.4, -0.2) is 19.7 Å². The van der Waals surface area contributed by atoms with Gasteiger partial charge in [0.2, 0.25) is 0 Å². The first kappa shape index (κ1) is 16.7. The van der Waals surface area contributed by atoms with Crippen molar-refractivity contribution in [3.8, 4) is 28.5 Å². The van der Waals surface area contributed by atoms with Gasteiger partial charge in [0.1, 0.15) is 0 Å². The molecule has 4 nitrogen and oxygen atoms in total. The fraction of sp³-hybridized carbons (Fsp3) is 0.0952. The molecule has 0 aliphatic rings. The molecule has 128 valence electrons. The molecular weight excluding hydrogens is 388 g/mol. The van der Waals surface area contributed by atoms with Gasteiger partial charge in [-0.25, -0.2) is 14.6 Å². The summed E-state index contributed by atoms with van der Waals surface area (Å²) in [6.07, 6.45) is 0. The highest BCUT2D eigenvalue weighted by molar-refractivity contribution is 9.10. The summed E-state index contributed by atoms with van der Waals surface area (Å²) in [6, 6.07) is 22.2. The zero-order valence-corrected chi connectivity index (χ0v) is 16.1. The highest BCUT2D eigenvalue weighted by Crippen LogP contribution is 2.25. The summed E-state index contributed by atoms with van der Waals surface area (Å²) in [5, 5.41) is 4.58. The van der Waals surface area contributed by atoms with Crippen molar-refractivity contribution in [2.75, 3.05) is 0 Å². The lowest BCUT2D eigenvalue weighted by Crippen LogP contribution is -2.05. The van der Waals surface area contributed by atoms with Gasteiger partial charge in [-0.3, -0.25) is 0 Å².